The Morgan fingerprint density at radius 2 is 2.00 bits per heavy atom. The Bertz CT molecular complexity index is 425. The van der Waals surface area contributed by atoms with Crippen molar-refractivity contribution >= 4 is 17.4 Å². The van der Waals surface area contributed by atoms with Gasteiger partial charge in [-0.2, -0.15) is 0 Å². The lowest BCUT2D eigenvalue weighted by Gasteiger charge is -2.17. The van der Waals surface area contributed by atoms with Crippen molar-refractivity contribution in [2.24, 2.45) is 0 Å². The highest BCUT2D eigenvalue weighted by Crippen LogP contribution is 2.37. The van der Waals surface area contributed by atoms with Crippen LogP contribution in [0, 0.1) is 0 Å². The van der Waals surface area contributed by atoms with Crippen LogP contribution in [0.3, 0.4) is 0 Å². The van der Waals surface area contributed by atoms with Crippen LogP contribution in [0.5, 0.6) is 0 Å². The number of para-hydroxylation sites is 1. The van der Waals surface area contributed by atoms with Crippen LogP contribution in [0.4, 0.5) is 5.69 Å². The van der Waals surface area contributed by atoms with Crippen molar-refractivity contribution < 1.29 is 9.59 Å². The molecule has 1 N–H and O–H groups in total. The van der Waals surface area contributed by atoms with Gasteiger partial charge < -0.3 is 5.32 Å². The fourth-order valence-electron chi connectivity index (χ4n) is 1.75. The molecule has 1 aromatic carbocycles. The van der Waals surface area contributed by atoms with E-state index in [1.807, 2.05) is 18.2 Å². The third-order valence-corrected chi connectivity index (χ3v) is 2.87. The van der Waals surface area contributed by atoms with E-state index in [-0.39, 0.29) is 11.7 Å². The number of rotatable bonds is 1. The molecular formula is C11H11NO2. The summed E-state index contributed by atoms with van der Waals surface area (Å²) < 4.78 is 0. The Hall–Kier alpha value is -1.64. The van der Waals surface area contributed by atoms with Gasteiger partial charge in [0.25, 0.3) is 0 Å². The molecule has 1 aliphatic heterocycles. The van der Waals surface area contributed by atoms with Gasteiger partial charge >= 0.3 is 0 Å². The predicted molar refractivity (Wildman–Crippen MR) is 53.1 cm³/mol. The summed E-state index contributed by atoms with van der Waals surface area (Å²) in [6.45, 7) is 3.11. The van der Waals surface area contributed by atoms with Crippen molar-refractivity contribution in [1.82, 2.24) is 0 Å². The van der Waals surface area contributed by atoms with E-state index >= 15 is 0 Å². The van der Waals surface area contributed by atoms with E-state index in [0.717, 1.165) is 11.3 Å². The number of hydrogen-bond acceptors (Lipinski definition) is 2. The smallest absolute Gasteiger partial charge is 0.242 e. The third kappa shape index (κ3) is 0.923. The normalized spacial score (nSPS) is 24.3. The monoisotopic (exact) mass is 189 g/mol. The molecule has 0 bridgehead atoms. The largest absolute Gasteiger partial charge is 0.325 e. The van der Waals surface area contributed by atoms with Crippen LogP contribution in [0.2, 0.25) is 0 Å². The van der Waals surface area contributed by atoms with E-state index in [9.17, 15) is 9.59 Å². The first-order chi connectivity index (χ1) is 6.56. The Balaban J connectivity index is 2.66. The molecule has 1 heterocycles. The molecule has 0 spiro atoms. The number of benzene rings is 1. The lowest BCUT2D eigenvalue weighted by Crippen LogP contribution is -2.37. The van der Waals surface area contributed by atoms with Crippen molar-refractivity contribution in [2.75, 3.05) is 5.32 Å². The number of ketones is 1. The lowest BCUT2D eigenvalue weighted by molar-refractivity contribution is -0.130. The first-order valence-electron chi connectivity index (χ1n) is 4.49. The number of hydrogen-bond donors (Lipinski definition) is 1. The number of Topliss-reactive ketones (excluding diaryl/α,β-unsaturated/α-hetero) is 1. The number of nitrogens with one attached hydrogen (secondary N) is 1. The predicted octanol–water partition coefficient (Wildman–Crippen LogP) is 1.49. The lowest BCUT2D eigenvalue weighted by atomic mass is 9.80. The van der Waals surface area contributed by atoms with Gasteiger partial charge in [-0.25, -0.2) is 0 Å². The quantitative estimate of drug-likeness (QED) is 0.680. The zero-order chi connectivity index (χ0) is 10.3. The summed E-state index contributed by atoms with van der Waals surface area (Å²) in [5.41, 5.74) is 0.518. The van der Waals surface area contributed by atoms with Gasteiger partial charge in [0, 0.05) is 5.69 Å². The molecule has 0 fully saturated rings. The van der Waals surface area contributed by atoms with Crippen LogP contribution in [0.1, 0.15) is 19.4 Å². The van der Waals surface area contributed by atoms with Gasteiger partial charge in [-0.3, -0.25) is 9.59 Å². The second-order valence-electron chi connectivity index (χ2n) is 3.68. The van der Waals surface area contributed by atoms with Crippen LogP contribution in [0.25, 0.3) is 0 Å². The molecule has 1 aliphatic rings. The number of anilines is 1. The SMILES string of the molecule is CC(=O)[C@@]1(C)C(=O)Nc2ccccc21. The molecule has 3 heteroatoms. The van der Waals surface area contributed by atoms with Gasteiger partial charge in [0.2, 0.25) is 5.91 Å². The minimum absolute atomic E-state index is 0.125. The van der Waals surface area contributed by atoms with Gasteiger partial charge in [-0.1, -0.05) is 18.2 Å². The Morgan fingerprint density at radius 3 is 2.64 bits per heavy atom. The minimum Gasteiger partial charge on any atom is -0.325 e. The number of carbonyl (C=O) groups is 2. The van der Waals surface area contributed by atoms with E-state index in [1.165, 1.54) is 6.92 Å². The van der Waals surface area contributed by atoms with Crippen molar-refractivity contribution in [2.45, 2.75) is 19.3 Å². The topological polar surface area (TPSA) is 46.2 Å². The first-order valence-corrected chi connectivity index (χ1v) is 4.49. The van der Waals surface area contributed by atoms with Gasteiger partial charge in [0.05, 0.1) is 0 Å². The standard InChI is InChI=1S/C11H11NO2/c1-7(13)11(2)8-5-3-4-6-9(8)12-10(11)14/h3-6H,1-2H3,(H,12,14)/t11-/m1/s1. The molecule has 14 heavy (non-hydrogen) atoms. The van der Waals surface area contributed by atoms with E-state index in [0.29, 0.717) is 0 Å². The van der Waals surface area contributed by atoms with E-state index in [4.69, 9.17) is 0 Å². The fourth-order valence-corrected chi connectivity index (χ4v) is 1.75. The number of amides is 1. The molecular weight excluding hydrogens is 178 g/mol. The van der Waals surface area contributed by atoms with Crippen LogP contribution in [0.15, 0.2) is 24.3 Å². The maximum atomic E-state index is 11.7. The highest BCUT2D eigenvalue weighted by Gasteiger charge is 2.46. The summed E-state index contributed by atoms with van der Waals surface area (Å²) in [7, 11) is 0. The van der Waals surface area contributed by atoms with E-state index < -0.39 is 5.41 Å². The molecule has 1 aromatic rings. The molecule has 1 atom stereocenters. The van der Waals surface area contributed by atoms with Crippen molar-refractivity contribution in [3.05, 3.63) is 29.8 Å². The van der Waals surface area contributed by atoms with Crippen LogP contribution >= 0.6 is 0 Å². The number of carbonyl (C=O) groups excluding carboxylic acids is 2. The average molecular weight is 189 g/mol. The molecule has 1 amide bonds. The van der Waals surface area contributed by atoms with Gasteiger partial charge in [0.1, 0.15) is 11.2 Å². The molecule has 0 saturated carbocycles. The van der Waals surface area contributed by atoms with Gasteiger partial charge in [0.15, 0.2) is 0 Å². The Labute approximate surface area is 82.1 Å². The summed E-state index contributed by atoms with van der Waals surface area (Å²) in [6, 6.07) is 7.29. The summed E-state index contributed by atoms with van der Waals surface area (Å²) in [6.07, 6.45) is 0. The van der Waals surface area contributed by atoms with Crippen molar-refractivity contribution in [3.8, 4) is 0 Å². The maximum Gasteiger partial charge on any atom is 0.242 e. The second-order valence-corrected chi connectivity index (χ2v) is 3.68. The number of fused-ring (bicyclic) bond motifs is 1. The zero-order valence-corrected chi connectivity index (χ0v) is 8.13. The highest BCUT2D eigenvalue weighted by atomic mass is 16.2. The summed E-state index contributed by atoms with van der Waals surface area (Å²) in [4.78, 5) is 23.1. The molecule has 0 aromatic heterocycles. The highest BCUT2D eigenvalue weighted by molar-refractivity contribution is 6.20. The second kappa shape index (κ2) is 2.67. The van der Waals surface area contributed by atoms with Crippen molar-refractivity contribution in [1.29, 1.82) is 0 Å². The maximum absolute atomic E-state index is 11.7. The minimum atomic E-state index is -1.00. The molecule has 2 rings (SSSR count). The van der Waals surface area contributed by atoms with Crippen LogP contribution < -0.4 is 5.32 Å². The van der Waals surface area contributed by atoms with E-state index in [2.05, 4.69) is 5.32 Å². The fraction of sp³-hybridized carbons (Fsp3) is 0.273. The van der Waals surface area contributed by atoms with E-state index in [1.54, 1.807) is 13.0 Å². The average Bonchev–Trinajstić information content (AvgIpc) is 2.41. The summed E-state index contributed by atoms with van der Waals surface area (Å²) in [5.74, 6) is -0.355. The summed E-state index contributed by atoms with van der Waals surface area (Å²) >= 11 is 0. The molecule has 0 aliphatic carbocycles. The van der Waals surface area contributed by atoms with Gasteiger partial charge in [-0.05, 0) is 25.5 Å². The third-order valence-electron chi connectivity index (χ3n) is 2.87. The summed E-state index contributed by atoms with van der Waals surface area (Å²) in [5, 5.41) is 2.71. The van der Waals surface area contributed by atoms with Crippen LogP contribution in [-0.2, 0) is 15.0 Å². The molecule has 0 radical (unpaired) electrons. The molecule has 3 nitrogen and oxygen atoms in total. The molecule has 0 unspecified atom stereocenters. The van der Waals surface area contributed by atoms with Crippen molar-refractivity contribution in [3.63, 3.8) is 0 Å². The van der Waals surface area contributed by atoms with Crippen LogP contribution in [-0.4, -0.2) is 11.7 Å². The van der Waals surface area contributed by atoms with Gasteiger partial charge in [-0.15, -0.1) is 0 Å². The Morgan fingerprint density at radius 1 is 1.36 bits per heavy atom. The first kappa shape index (κ1) is 8.94. The molecule has 0 saturated heterocycles. The molecule has 72 valence electrons. The Kier molecular flexibility index (Phi) is 1.71. The zero-order valence-electron chi connectivity index (χ0n) is 8.13.